The first-order valence-corrected chi connectivity index (χ1v) is 12.3. The molecule has 0 unspecified atom stereocenters. The molecule has 3 heteroatoms. The fourth-order valence-corrected chi connectivity index (χ4v) is 5.36. The van der Waals surface area contributed by atoms with Gasteiger partial charge in [-0.25, -0.2) is 0 Å². The molecular weight excluding hydrogens is 406 g/mol. The van der Waals surface area contributed by atoms with E-state index in [1.807, 2.05) is 0 Å². The summed E-state index contributed by atoms with van der Waals surface area (Å²) in [7, 11) is 0. The Bertz CT molecular complexity index is 1100. The van der Waals surface area contributed by atoms with Gasteiger partial charge in [-0.2, -0.15) is 0 Å². The number of nitrogens with one attached hydrogen (secondary N) is 1. The van der Waals surface area contributed by atoms with Crippen molar-refractivity contribution in [2.24, 2.45) is 5.92 Å². The summed E-state index contributed by atoms with van der Waals surface area (Å²) < 4.78 is 6.15. The van der Waals surface area contributed by atoms with Gasteiger partial charge >= 0.3 is 0 Å². The second-order valence-electron chi connectivity index (χ2n) is 9.65. The summed E-state index contributed by atoms with van der Waals surface area (Å²) >= 11 is 0. The van der Waals surface area contributed by atoms with E-state index in [0.717, 1.165) is 37.7 Å². The summed E-state index contributed by atoms with van der Waals surface area (Å²) in [6.07, 6.45) is 7.47. The quantitative estimate of drug-likeness (QED) is 0.423. The topological polar surface area (TPSA) is 38.3 Å². The van der Waals surface area contributed by atoms with E-state index in [9.17, 15) is 4.79 Å². The van der Waals surface area contributed by atoms with Gasteiger partial charge in [-0.1, -0.05) is 54.6 Å². The Labute approximate surface area is 197 Å². The predicted molar refractivity (Wildman–Crippen MR) is 134 cm³/mol. The fraction of sp³-hybridized carbons (Fsp3) is 0.367. The highest BCUT2D eigenvalue weighted by atomic mass is 16.5. The lowest BCUT2D eigenvalue weighted by Gasteiger charge is -2.37. The molecule has 1 N–H and O–H groups in total. The molecule has 33 heavy (non-hydrogen) atoms. The Morgan fingerprint density at radius 1 is 1.03 bits per heavy atom. The number of aryl methyl sites for hydroxylation is 2. The smallest absolute Gasteiger partial charge is 0.123 e. The predicted octanol–water partition coefficient (Wildman–Crippen LogP) is 6.23. The van der Waals surface area contributed by atoms with E-state index in [0.29, 0.717) is 18.7 Å². The van der Waals surface area contributed by atoms with E-state index in [4.69, 9.17) is 4.74 Å². The van der Waals surface area contributed by atoms with Gasteiger partial charge in [0.25, 0.3) is 0 Å². The Morgan fingerprint density at radius 3 is 2.67 bits per heavy atom. The largest absolute Gasteiger partial charge is 0.493 e. The van der Waals surface area contributed by atoms with E-state index in [1.54, 1.807) is 0 Å². The standard InChI is InChI=1S/C30H33NO2/c1-21-16-22(10-12-28(21)24-6-3-2-4-7-24)14-15-33-27-11-13-29-25(19-27)8-5-9-30(29)31-26-17-23(18-26)20-32/h2-4,6-7,10-13,16,19-20,23,26,30-31H,5,8-9,14-15,17-18H2,1H3/t23?,26?,30-/m1/s1. The van der Waals surface area contributed by atoms with Crippen molar-refractivity contribution < 1.29 is 9.53 Å². The van der Waals surface area contributed by atoms with Crippen LogP contribution in [0.3, 0.4) is 0 Å². The molecule has 0 amide bonds. The van der Waals surface area contributed by atoms with Crippen molar-refractivity contribution >= 4 is 6.29 Å². The molecule has 5 rings (SSSR count). The molecule has 0 radical (unpaired) electrons. The van der Waals surface area contributed by atoms with E-state index in [-0.39, 0.29) is 5.92 Å². The van der Waals surface area contributed by atoms with Gasteiger partial charge in [0.05, 0.1) is 6.61 Å². The molecule has 0 heterocycles. The molecule has 170 valence electrons. The monoisotopic (exact) mass is 439 g/mol. The van der Waals surface area contributed by atoms with Crippen molar-refractivity contribution in [1.82, 2.24) is 5.32 Å². The summed E-state index contributed by atoms with van der Waals surface area (Å²) in [4.78, 5) is 10.9. The molecule has 1 saturated carbocycles. The first-order valence-electron chi connectivity index (χ1n) is 12.3. The lowest BCUT2D eigenvalue weighted by Crippen LogP contribution is -2.44. The molecule has 0 bridgehead atoms. The van der Waals surface area contributed by atoms with Crippen molar-refractivity contribution in [2.45, 2.75) is 57.5 Å². The van der Waals surface area contributed by atoms with Gasteiger partial charge < -0.3 is 14.8 Å². The van der Waals surface area contributed by atoms with Crippen LogP contribution in [0.15, 0.2) is 66.7 Å². The zero-order valence-corrected chi connectivity index (χ0v) is 19.4. The van der Waals surface area contributed by atoms with Gasteiger partial charge in [0.15, 0.2) is 0 Å². The molecular formula is C30H33NO2. The number of fused-ring (bicyclic) bond motifs is 1. The minimum Gasteiger partial charge on any atom is -0.493 e. The lowest BCUT2D eigenvalue weighted by atomic mass is 9.79. The molecule has 0 spiro atoms. The number of aldehydes is 1. The Balaban J connectivity index is 1.17. The number of ether oxygens (including phenoxy) is 1. The van der Waals surface area contributed by atoms with Crippen LogP contribution in [0.2, 0.25) is 0 Å². The summed E-state index contributed by atoms with van der Waals surface area (Å²) in [5.41, 5.74) is 7.99. The van der Waals surface area contributed by atoms with Gasteiger partial charge in [-0.3, -0.25) is 0 Å². The normalized spacial score (nSPS) is 21.7. The first-order chi connectivity index (χ1) is 16.2. The summed E-state index contributed by atoms with van der Waals surface area (Å²) in [5, 5.41) is 3.78. The van der Waals surface area contributed by atoms with Gasteiger partial charge in [0, 0.05) is 24.4 Å². The maximum atomic E-state index is 10.9. The number of benzene rings is 3. The SMILES string of the molecule is Cc1cc(CCOc2ccc3c(c2)CCC[C@H]3NC2CC(C=O)C2)ccc1-c1ccccc1. The molecule has 0 aromatic heterocycles. The van der Waals surface area contributed by atoms with Gasteiger partial charge in [-0.15, -0.1) is 0 Å². The highest BCUT2D eigenvalue weighted by molar-refractivity contribution is 5.67. The average Bonchev–Trinajstić information content (AvgIpc) is 2.81. The van der Waals surface area contributed by atoms with E-state index in [2.05, 4.69) is 79.0 Å². The highest BCUT2D eigenvalue weighted by Crippen LogP contribution is 2.35. The second kappa shape index (κ2) is 9.93. The van der Waals surface area contributed by atoms with Gasteiger partial charge in [-0.05, 0) is 84.5 Å². The first kappa shape index (κ1) is 21.9. The molecule has 3 aromatic carbocycles. The third-order valence-corrected chi connectivity index (χ3v) is 7.27. The van der Waals surface area contributed by atoms with E-state index in [1.165, 1.54) is 46.2 Å². The van der Waals surface area contributed by atoms with Crippen LogP contribution >= 0.6 is 0 Å². The third kappa shape index (κ3) is 5.04. The summed E-state index contributed by atoms with van der Waals surface area (Å²) in [6.45, 7) is 2.86. The number of carbonyl (C=O) groups is 1. The molecule has 1 atom stereocenters. The van der Waals surface area contributed by atoms with Gasteiger partial charge in [0.2, 0.25) is 0 Å². The van der Waals surface area contributed by atoms with Crippen molar-refractivity contribution in [1.29, 1.82) is 0 Å². The zero-order chi connectivity index (χ0) is 22.6. The number of carbonyl (C=O) groups excluding carboxylic acids is 1. The average molecular weight is 440 g/mol. The van der Waals surface area contributed by atoms with Crippen molar-refractivity contribution in [3.63, 3.8) is 0 Å². The minimum absolute atomic E-state index is 0.264. The molecule has 3 nitrogen and oxygen atoms in total. The Morgan fingerprint density at radius 2 is 1.88 bits per heavy atom. The molecule has 0 aliphatic heterocycles. The van der Waals surface area contributed by atoms with Crippen molar-refractivity contribution in [3.05, 3.63) is 89.0 Å². The summed E-state index contributed by atoms with van der Waals surface area (Å²) in [5.74, 6) is 1.23. The minimum atomic E-state index is 0.264. The van der Waals surface area contributed by atoms with Crippen LogP contribution in [0.4, 0.5) is 0 Å². The second-order valence-corrected chi connectivity index (χ2v) is 9.65. The molecule has 3 aromatic rings. The lowest BCUT2D eigenvalue weighted by molar-refractivity contribution is -0.113. The van der Waals surface area contributed by atoms with E-state index < -0.39 is 0 Å². The maximum Gasteiger partial charge on any atom is 0.123 e. The molecule has 0 saturated heterocycles. The zero-order valence-electron chi connectivity index (χ0n) is 19.4. The van der Waals surface area contributed by atoms with Crippen LogP contribution in [0, 0.1) is 12.8 Å². The number of hydrogen-bond acceptors (Lipinski definition) is 3. The van der Waals surface area contributed by atoms with Crippen LogP contribution in [0.1, 0.15) is 54.0 Å². The van der Waals surface area contributed by atoms with Crippen LogP contribution in [-0.2, 0) is 17.6 Å². The Hall–Kier alpha value is -2.91. The van der Waals surface area contributed by atoms with Crippen LogP contribution in [0.25, 0.3) is 11.1 Å². The van der Waals surface area contributed by atoms with Crippen LogP contribution in [-0.4, -0.2) is 18.9 Å². The highest BCUT2D eigenvalue weighted by Gasteiger charge is 2.31. The number of rotatable bonds is 8. The van der Waals surface area contributed by atoms with E-state index >= 15 is 0 Å². The third-order valence-electron chi connectivity index (χ3n) is 7.27. The molecule has 1 fully saturated rings. The number of hydrogen-bond donors (Lipinski definition) is 1. The van der Waals surface area contributed by atoms with Crippen LogP contribution in [0.5, 0.6) is 5.75 Å². The van der Waals surface area contributed by atoms with Crippen molar-refractivity contribution in [3.8, 4) is 16.9 Å². The van der Waals surface area contributed by atoms with Crippen molar-refractivity contribution in [2.75, 3.05) is 6.61 Å². The Kier molecular flexibility index (Phi) is 6.59. The molecule has 2 aliphatic rings. The fourth-order valence-electron chi connectivity index (χ4n) is 5.36. The molecule has 2 aliphatic carbocycles. The van der Waals surface area contributed by atoms with Gasteiger partial charge in [0.1, 0.15) is 12.0 Å². The maximum absolute atomic E-state index is 10.9. The summed E-state index contributed by atoms with van der Waals surface area (Å²) in [6, 6.07) is 24.8. The van der Waals surface area contributed by atoms with Crippen LogP contribution < -0.4 is 10.1 Å².